The lowest BCUT2D eigenvalue weighted by Crippen LogP contribution is -2.29. The molecule has 2 heteroatoms. The van der Waals surface area contributed by atoms with E-state index in [0.29, 0.717) is 6.04 Å². The number of thioether (sulfide) groups is 1. The largest absolute Gasteiger partial charge is 0.313 e. The van der Waals surface area contributed by atoms with E-state index < -0.39 is 0 Å². The zero-order valence-electron chi connectivity index (χ0n) is 12.0. The minimum Gasteiger partial charge on any atom is -0.313 e. The average Bonchev–Trinajstić information content (AvgIpc) is 2.20. The second kappa shape index (κ2) is 9.35. The first kappa shape index (κ1) is 16.3. The highest BCUT2D eigenvalue weighted by atomic mass is 32.2. The molecule has 0 spiro atoms. The van der Waals surface area contributed by atoms with Crippen molar-refractivity contribution < 1.29 is 0 Å². The summed E-state index contributed by atoms with van der Waals surface area (Å²) in [6, 6.07) is 0.678. The van der Waals surface area contributed by atoms with Crippen molar-refractivity contribution in [3.63, 3.8) is 0 Å². The lowest BCUT2D eigenvalue weighted by Gasteiger charge is -2.17. The molecule has 16 heavy (non-hydrogen) atoms. The Morgan fingerprint density at radius 3 is 2.06 bits per heavy atom. The summed E-state index contributed by atoms with van der Waals surface area (Å²) < 4.78 is 0. The van der Waals surface area contributed by atoms with Crippen LogP contribution < -0.4 is 5.32 Å². The molecule has 2 atom stereocenters. The third kappa shape index (κ3) is 9.53. The van der Waals surface area contributed by atoms with Gasteiger partial charge in [-0.05, 0) is 31.6 Å². The van der Waals surface area contributed by atoms with Crippen molar-refractivity contribution in [3.05, 3.63) is 0 Å². The lowest BCUT2D eigenvalue weighted by molar-refractivity contribution is 0.460. The van der Waals surface area contributed by atoms with Crippen LogP contribution in [-0.2, 0) is 0 Å². The van der Waals surface area contributed by atoms with Crippen molar-refractivity contribution in [1.82, 2.24) is 5.32 Å². The molecule has 0 aliphatic heterocycles. The Morgan fingerprint density at radius 2 is 1.56 bits per heavy atom. The van der Waals surface area contributed by atoms with E-state index in [1.807, 2.05) is 0 Å². The summed E-state index contributed by atoms with van der Waals surface area (Å²) in [6.45, 7) is 15.0. The standard InChI is InChI=1S/C14H31NS/c1-11(2)7-8-13(5)15-9-10-16-14(6)12(3)4/h11-15H,7-10H2,1-6H3. The van der Waals surface area contributed by atoms with Crippen molar-refractivity contribution >= 4 is 11.8 Å². The maximum Gasteiger partial charge on any atom is 0.00609 e. The van der Waals surface area contributed by atoms with Crippen LogP contribution >= 0.6 is 11.8 Å². The van der Waals surface area contributed by atoms with E-state index in [1.165, 1.54) is 18.6 Å². The zero-order chi connectivity index (χ0) is 12.6. The molecule has 0 radical (unpaired) electrons. The molecule has 0 bridgehead atoms. The highest BCUT2D eigenvalue weighted by Gasteiger charge is 2.07. The number of hydrogen-bond donors (Lipinski definition) is 1. The van der Waals surface area contributed by atoms with Gasteiger partial charge in [0.25, 0.3) is 0 Å². The maximum absolute atomic E-state index is 3.61. The summed E-state index contributed by atoms with van der Waals surface area (Å²) in [6.07, 6.45) is 2.64. The molecule has 0 fully saturated rings. The number of rotatable bonds is 9. The van der Waals surface area contributed by atoms with Gasteiger partial charge in [0.2, 0.25) is 0 Å². The first-order valence-corrected chi connectivity index (χ1v) is 7.83. The van der Waals surface area contributed by atoms with Gasteiger partial charge in [0.15, 0.2) is 0 Å². The summed E-state index contributed by atoms with van der Waals surface area (Å²) in [7, 11) is 0. The molecule has 98 valence electrons. The van der Waals surface area contributed by atoms with Crippen LogP contribution in [0.4, 0.5) is 0 Å². The van der Waals surface area contributed by atoms with Crippen molar-refractivity contribution in [2.45, 2.75) is 65.7 Å². The van der Waals surface area contributed by atoms with Gasteiger partial charge < -0.3 is 5.32 Å². The van der Waals surface area contributed by atoms with Crippen LogP contribution in [0.15, 0.2) is 0 Å². The Labute approximate surface area is 107 Å². The van der Waals surface area contributed by atoms with E-state index in [9.17, 15) is 0 Å². The molecule has 0 rings (SSSR count). The molecule has 0 aliphatic carbocycles. The van der Waals surface area contributed by atoms with Gasteiger partial charge in [0, 0.05) is 23.6 Å². The minimum absolute atomic E-state index is 0.678. The zero-order valence-corrected chi connectivity index (χ0v) is 12.9. The summed E-state index contributed by atoms with van der Waals surface area (Å²) in [5.41, 5.74) is 0. The van der Waals surface area contributed by atoms with Crippen LogP contribution in [-0.4, -0.2) is 23.6 Å². The summed E-state index contributed by atoms with van der Waals surface area (Å²) in [5.74, 6) is 2.87. The van der Waals surface area contributed by atoms with Crippen LogP contribution in [0.1, 0.15) is 54.4 Å². The Bertz CT molecular complexity index is 157. The fourth-order valence-corrected chi connectivity index (χ4v) is 2.42. The smallest absolute Gasteiger partial charge is 0.00609 e. The van der Waals surface area contributed by atoms with Gasteiger partial charge in [-0.25, -0.2) is 0 Å². The van der Waals surface area contributed by atoms with Gasteiger partial charge in [-0.2, -0.15) is 11.8 Å². The molecule has 0 aliphatic rings. The second-order valence-corrected chi connectivity index (χ2v) is 7.13. The van der Waals surface area contributed by atoms with Crippen molar-refractivity contribution in [2.75, 3.05) is 12.3 Å². The Kier molecular flexibility index (Phi) is 9.53. The van der Waals surface area contributed by atoms with E-state index in [0.717, 1.165) is 23.6 Å². The molecule has 0 saturated carbocycles. The predicted molar refractivity (Wildman–Crippen MR) is 78.3 cm³/mol. The van der Waals surface area contributed by atoms with Crippen molar-refractivity contribution in [3.8, 4) is 0 Å². The summed E-state index contributed by atoms with van der Waals surface area (Å²) in [5, 5.41) is 4.40. The lowest BCUT2D eigenvalue weighted by atomic mass is 10.0. The Morgan fingerprint density at radius 1 is 0.938 bits per heavy atom. The first-order chi connectivity index (χ1) is 7.43. The SMILES string of the molecule is CC(C)CCC(C)NCCSC(C)C(C)C. The fraction of sp³-hybridized carbons (Fsp3) is 1.00. The van der Waals surface area contributed by atoms with E-state index in [2.05, 4.69) is 58.6 Å². The number of nitrogens with one attached hydrogen (secondary N) is 1. The molecular weight excluding hydrogens is 214 g/mol. The van der Waals surface area contributed by atoms with Crippen LogP contribution in [0.3, 0.4) is 0 Å². The highest BCUT2D eigenvalue weighted by molar-refractivity contribution is 7.99. The van der Waals surface area contributed by atoms with Gasteiger partial charge in [-0.15, -0.1) is 0 Å². The molecule has 0 aromatic heterocycles. The molecule has 0 aromatic carbocycles. The third-order valence-corrected chi connectivity index (χ3v) is 4.60. The summed E-state index contributed by atoms with van der Waals surface area (Å²) in [4.78, 5) is 0. The molecular formula is C14H31NS. The van der Waals surface area contributed by atoms with Crippen LogP contribution in [0.5, 0.6) is 0 Å². The third-order valence-electron chi connectivity index (χ3n) is 3.09. The summed E-state index contributed by atoms with van der Waals surface area (Å²) >= 11 is 2.09. The minimum atomic E-state index is 0.678. The second-order valence-electron chi connectivity index (χ2n) is 5.65. The Balaban J connectivity index is 3.37. The molecule has 0 saturated heterocycles. The van der Waals surface area contributed by atoms with Gasteiger partial charge in [-0.1, -0.05) is 34.6 Å². The van der Waals surface area contributed by atoms with E-state index in [4.69, 9.17) is 0 Å². The van der Waals surface area contributed by atoms with Crippen LogP contribution in [0.25, 0.3) is 0 Å². The Hall–Kier alpha value is 0.310. The van der Waals surface area contributed by atoms with Gasteiger partial charge in [-0.3, -0.25) is 0 Å². The molecule has 1 nitrogen and oxygen atoms in total. The fourth-order valence-electron chi connectivity index (χ4n) is 1.43. The predicted octanol–water partition coefficient (Wildman–Crippen LogP) is 4.18. The van der Waals surface area contributed by atoms with Crippen molar-refractivity contribution in [1.29, 1.82) is 0 Å². The normalized spacial score (nSPS) is 15.8. The van der Waals surface area contributed by atoms with Crippen LogP contribution in [0, 0.1) is 11.8 Å². The van der Waals surface area contributed by atoms with Crippen molar-refractivity contribution in [2.24, 2.45) is 11.8 Å². The molecule has 1 N–H and O–H groups in total. The molecule has 2 unspecified atom stereocenters. The molecule has 0 heterocycles. The monoisotopic (exact) mass is 245 g/mol. The van der Waals surface area contributed by atoms with Gasteiger partial charge in [0.05, 0.1) is 0 Å². The number of hydrogen-bond acceptors (Lipinski definition) is 2. The average molecular weight is 245 g/mol. The quantitative estimate of drug-likeness (QED) is 0.612. The van der Waals surface area contributed by atoms with E-state index >= 15 is 0 Å². The van der Waals surface area contributed by atoms with Gasteiger partial charge >= 0.3 is 0 Å². The van der Waals surface area contributed by atoms with E-state index in [-0.39, 0.29) is 0 Å². The highest BCUT2D eigenvalue weighted by Crippen LogP contribution is 2.17. The molecule has 0 amide bonds. The topological polar surface area (TPSA) is 12.0 Å². The maximum atomic E-state index is 3.61. The first-order valence-electron chi connectivity index (χ1n) is 6.78. The van der Waals surface area contributed by atoms with E-state index in [1.54, 1.807) is 0 Å². The van der Waals surface area contributed by atoms with Crippen LogP contribution in [0.2, 0.25) is 0 Å². The molecule has 0 aromatic rings. The van der Waals surface area contributed by atoms with Gasteiger partial charge in [0.1, 0.15) is 0 Å².